The average molecular weight is 851 g/mol. The summed E-state index contributed by atoms with van der Waals surface area (Å²) in [6.45, 7) is 11.6. The minimum absolute atomic E-state index is 0. The van der Waals surface area contributed by atoms with E-state index in [0.717, 1.165) is 64.4 Å². The minimum Gasteiger partial charge on any atom is -0.507 e. The summed E-state index contributed by atoms with van der Waals surface area (Å²) >= 11 is 0. The van der Waals surface area contributed by atoms with Crippen molar-refractivity contribution in [1.29, 1.82) is 0 Å². The third-order valence-electron chi connectivity index (χ3n) is 11.2. The van der Waals surface area contributed by atoms with Crippen molar-refractivity contribution in [3.63, 3.8) is 0 Å². The first-order chi connectivity index (χ1) is 24.0. The van der Waals surface area contributed by atoms with Gasteiger partial charge in [-0.2, -0.15) is 0 Å². The second-order valence-electron chi connectivity index (χ2n) is 15.7. The van der Waals surface area contributed by atoms with Crippen molar-refractivity contribution in [2.75, 3.05) is 0 Å². The predicted molar refractivity (Wildman–Crippen MR) is 204 cm³/mol. The standard InChI is InChI=1S/C46H43N2O2.Pt/c1-44(2,3)34-27-31(36-17-11-19-40-42(36)48-43(50-40)37-16-9-10-18-39(37)49)25-32(28-34)38-29-35(26-30-13-12-24-47-41(30)38)46(5)22-20-45(4,21-23-46)33-14-7-6-8-15-33;/h6-19,24,26-29,49H,20-23H2,1-5H3;/q-1;. The zero-order valence-electron chi connectivity index (χ0n) is 29.9. The number of rotatable bonds is 5. The summed E-state index contributed by atoms with van der Waals surface area (Å²) in [6.07, 6.45) is 6.43. The van der Waals surface area contributed by atoms with E-state index in [1.807, 2.05) is 36.5 Å². The Labute approximate surface area is 315 Å². The molecular formula is C46H43N2O2Pt-. The summed E-state index contributed by atoms with van der Waals surface area (Å²) in [5, 5.41) is 11.7. The van der Waals surface area contributed by atoms with Crippen LogP contribution in [0, 0.1) is 6.07 Å². The van der Waals surface area contributed by atoms with Crippen molar-refractivity contribution in [3.8, 4) is 39.5 Å². The van der Waals surface area contributed by atoms with Gasteiger partial charge in [-0.3, -0.25) is 4.98 Å². The molecule has 5 aromatic carbocycles. The van der Waals surface area contributed by atoms with Crippen molar-refractivity contribution >= 4 is 22.0 Å². The molecule has 1 N–H and O–H groups in total. The normalized spacial score (nSPS) is 19.2. The molecule has 7 aromatic rings. The van der Waals surface area contributed by atoms with Gasteiger partial charge >= 0.3 is 0 Å². The van der Waals surface area contributed by atoms with Gasteiger partial charge in [0.25, 0.3) is 0 Å². The third-order valence-corrected chi connectivity index (χ3v) is 11.2. The van der Waals surface area contributed by atoms with Gasteiger partial charge in [-0.1, -0.05) is 119 Å². The number of para-hydroxylation sites is 2. The Morgan fingerprint density at radius 1 is 0.667 bits per heavy atom. The SMILES string of the molecule is CC(C)(C)c1cc(-c2cc(C3(C)CCC(C)(c4ccccc4)CC3)cc3cccnc23)[c-]c(-c2cccc3oc(-c4ccccc4O)nc23)c1.[Pt]. The zero-order chi connectivity index (χ0) is 34.7. The molecule has 0 unspecified atom stereocenters. The summed E-state index contributed by atoms with van der Waals surface area (Å²) in [7, 11) is 0. The van der Waals surface area contributed by atoms with Gasteiger partial charge in [-0.15, -0.1) is 34.9 Å². The number of hydrogen-bond donors (Lipinski definition) is 1. The Hall–Kier alpha value is -4.53. The fourth-order valence-electron chi connectivity index (χ4n) is 7.75. The summed E-state index contributed by atoms with van der Waals surface area (Å²) < 4.78 is 6.21. The van der Waals surface area contributed by atoms with Crippen LogP contribution in [-0.2, 0) is 37.3 Å². The Kier molecular flexibility index (Phi) is 9.05. The number of phenolic OH excluding ortho intramolecular Hbond substituents is 1. The van der Waals surface area contributed by atoms with Crippen LogP contribution in [0.15, 0.2) is 120 Å². The molecule has 0 amide bonds. The molecule has 1 aliphatic rings. The number of aromatic nitrogens is 2. The topological polar surface area (TPSA) is 59.2 Å². The molecule has 2 heterocycles. The monoisotopic (exact) mass is 850 g/mol. The maximum atomic E-state index is 10.6. The molecule has 51 heavy (non-hydrogen) atoms. The molecule has 1 fully saturated rings. The molecular weight excluding hydrogens is 808 g/mol. The smallest absolute Gasteiger partial charge is 0.230 e. The van der Waals surface area contributed by atoms with E-state index in [9.17, 15) is 5.11 Å². The fraction of sp³-hybridized carbons (Fsp3) is 0.261. The van der Waals surface area contributed by atoms with Gasteiger partial charge in [0.1, 0.15) is 11.3 Å². The average Bonchev–Trinajstić information content (AvgIpc) is 3.57. The predicted octanol–water partition coefficient (Wildman–Crippen LogP) is 12.0. The molecule has 0 bridgehead atoms. The summed E-state index contributed by atoms with van der Waals surface area (Å²) in [5.41, 5.74) is 11.1. The van der Waals surface area contributed by atoms with Crippen molar-refractivity contribution in [2.45, 2.75) is 76.5 Å². The van der Waals surface area contributed by atoms with Gasteiger partial charge in [-0.25, -0.2) is 4.98 Å². The first-order valence-corrected chi connectivity index (χ1v) is 17.7. The fourth-order valence-corrected chi connectivity index (χ4v) is 7.75. The number of oxazole rings is 1. The molecule has 1 aliphatic carbocycles. The molecule has 1 saturated carbocycles. The molecule has 0 aliphatic heterocycles. The van der Waals surface area contributed by atoms with E-state index in [1.165, 1.54) is 16.7 Å². The largest absolute Gasteiger partial charge is 0.507 e. The van der Waals surface area contributed by atoms with E-state index < -0.39 is 0 Å². The van der Waals surface area contributed by atoms with E-state index in [4.69, 9.17) is 14.4 Å². The van der Waals surface area contributed by atoms with Crippen LogP contribution in [0.3, 0.4) is 0 Å². The second kappa shape index (κ2) is 13.2. The molecule has 2 aromatic heterocycles. The second-order valence-corrected chi connectivity index (χ2v) is 15.7. The van der Waals surface area contributed by atoms with E-state index in [-0.39, 0.29) is 43.1 Å². The van der Waals surface area contributed by atoms with Crippen molar-refractivity contribution < 1.29 is 30.6 Å². The number of fused-ring (bicyclic) bond motifs is 2. The zero-order valence-corrected chi connectivity index (χ0v) is 32.1. The Morgan fingerprint density at radius 2 is 1.31 bits per heavy atom. The summed E-state index contributed by atoms with van der Waals surface area (Å²) in [4.78, 5) is 9.87. The number of pyridine rings is 1. The molecule has 4 nitrogen and oxygen atoms in total. The van der Waals surface area contributed by atoms with E-state index in [0.29, 0.717) is 17.0 Å². The van der Waals surface area contributed by atoms with Gasteiger partial charge in [0.05, 0.1) is 11.1 Å². The van der Waals surface area contributed by atoms with Crippen LogP contribution in [-0.4, -0.2) is 15.1 Å². The summed E-state index contributed by atoms with van der Waals surface area (Å²) in [5.74, 6) is 0.532. The number of hydrogen-bond acceptors (Lipinski definition) is 4. The third kappa shape index (κ3) is 6.44. The van der Waals surface area contributed by atoms with Crippen molar-refractivity contribution in [1.82, 2.24) is 9.97 Å². The number of aromatic hydroxyl groups is 1. The maximum Gasteiger partial charge on any atom is 0.230 e. The first-order valence-electron chi connectivity index (χ1n) is 17.7. The molecule has 260 valence electrons. The Balaban J connectivity index is 0.00000406. The van der Waals surface area contributed by atoms with Gasteiger partial charge in [0, 0.05) is 32.8 Å². The Morgan fingerprint density at radius 3 is 2.02 bits per heavy atom. The molecule has 0 spiro atoms. The van der Waals surface area contributed by atoms with Crippen LogP contribution in [0.5, 0.6) is 5.75 Å². The molecule has 8 rings (SSSR count). The van der Waals surface area contributed by atoms with Crippen LogP contribution in [0.25, 0.3) is 55.7 Å². The van der Waals surface area contributed by atoms with Crippen LogP contribution < -0.4 is 0 Å². The summed E-state index contributed by atoms with van der Waals surface area (Å²) in [6, 6.07) is 41.6. The Bertz CT molecular complexity index is 2360. The number of phenols is 1. The van der Waals surface area contributed by atoms with Crippen molar-refractivity contribution in [2.24, 2.45) is 0 Å². The van der Waals surface area contributed by atoms with Gasteiger partial charge < -0.3 is 9.52 Å². The number of benzene rings is 5. The molecule has 0 saturated heterocycles. The van der Waals surface area contributed by atoms with Gasteiger partial charge in [-0.05, 0) is 82.7 Å². The quantitative estimate of drug-likeness (QED) is 0.175. The van der Waals surface area contributed by atoms with Crippen LogP contribution in [0.1, 0.15) is 77.0 Å². The van der Waals surface area contributed by atoms with Crippen LogP contribution in [0.2, 0.25) is 0 Å². The number of nitrogens with zero attached hydrogens (tertiary/aromatic N) is 2. The molecule has 0 radical (unpaired) electrons. The minimum atomic E-state index is -0.116. The van der Waals surface area contributed by atoms with E-state index >= 15 is 0 Å². The first kappa shape index (κ1) is 34.9. The van der Waals surface area contributed by atoms with Crippen molar-refractivity contribution in [3.05, 3.63) is 138 Å². The van der Waals surface area contributed by atoms with E-state index in [2.05, 4.69) is 107 Å². The van der Waals surface area contributed by atoms with E-state index in [1.54, 1.807) is 12.1 Å². The van der Waals surface area contributed by atoms with Gasteiger partial charge in [0.15, 0.2) is 0 Å². The van der Waals surface area contributed by atoms with Gasteiger partial charge in [0.2, 0.25) is 5.89 Å². The van der Waals surface area contributed by atoms with Crippen LogP contribution in [0.4, 0.5) is 0 Å². The molecule has 0 atom stereocenters. The van der Waals surface area contributed by atoms with Crippen LogP contribution >= 0.6 is 0 Å². The molecule has 5 heteroatoms. The maximum absolute atomic E-state index is 10.6.